The molecule has 0 fully saturated rings. The molecule has 1 amide bonds. The summed E-state index contributed by atoms with van der Waals surface area (Å²) in [5.74, 6) is 0.529. The molecule has 0 bridgehead atoms. The Labute approximate surface area is 182 Å². The lowest BCUT2D eigenvalue weighted by Gasteiger charge is -2.18. The molecule has 0 saturated carbocycles. The van der Waals surface area contributed by atoms with Gasteiger partial charge in [-0.1, -0.05) is 32.0 Å². The highest BCUT2D eigenvalue weighted by Gasteiger charge is 2.21. The SMILES string of the molecule is CCN(CC)S(=O)(=O)c1ccc(C(=O)NCCSc2c(C)[nH]c3ccccc23)cc1. The molecule has 1 heterocycles. The van der Waals surface area contributed by atoms with Gasteiger partial charge in [0.1, 0.15) is 0 Å². The second kappa shape index (κ2) is 9.68. The number of carbonyl (C=O) groups is 1. The van der Waals surface area contributed by atoms with E-state index in [1.807, 2.05) is 12.1 Å². The molecule has 0 aliphatic rings. The van der Waals surface area contributed by atoms with Crippen molar-refractivity contribution >= 4 is 38.6 Å². The Morgan fingerprint density at radius 2 is 1.73 bits per heavy atom. The van der Waals surface area contributed by atoms with Crippen LogP contribution in [-0.4, -0.2) is 49.0 Å². The van der Waals surface area contributed by atoms with Gasteiger partial charge in [0.25, 0.3) is 5.91 Å². The first-order valence-corrected chi connectivity index (χ1v) is 12.4. The number of carbonyl (C=O) groups excluding carboxylic acids is 1. The Balaban J connectivity index is 1.57. The van der Waals surface area contributed by atoms with Crippen LogP contribution in [0.1, 0.15) is 29.9 Å². The number of hydrogen-bond donors (Lipinski definition) is 2. The second-order valence-electron chi connectivity index (χ2n) is 6.84. The molecule has 3 aromatic rings. The molecule has 0 saturated heterocycles. The predicted octanol–water partition coefficient (Wildman–Crippen LogP) is 4.03. The maximum absolute atomic E-state index is 12.5. The maximum atomic E-state index is 12.5. The van der Waals surface area contributed by atoms with E-state index in [1.165, 1.54) is 26.7 Å². The van der Waals surface area contributed by atoms with E-state index >= 15 is 0 Å². The lowest BCUT2D eigenvalue weighted by atomic mass is 10.2. The van der Waals surface area contributed by atoms with Gasteiger partial charge in [-0.05, 0) is 37.3 Å². The number of aromatic nitrogens is 1. The second-order valence-corrected chi connectivity index (χ2v) is 9.89. The summed E-state index contributed by atoms with van der Waals surface area (Å²) in [5.41, 5.74) is 2.68. The zero-order valence-electron chi connectivity index (χ0n) is 17.4. The van der Waals surface area contributed by atoms with E-state index in [-0.39, 0.29) is 10.8 Å². The summed E-state index contributed by atoms with van der Waals surface area (Å²) in [6, 6.07) is 14.3. The number of para-hydroxylation sites is 1. The standard InChI is InChI=1S/C22H27N3O3S2/c1-4-25(5-2)30(27,28)18-12-10-17(11-13-18)22(26)23-14-15-29-21-16(3)24-20-9-7-6-8-19(20)21/h6-13,24H,4-5,14-15H2,1-3H3,(H,23,26). The van der Waals surface area contributed by atoms with Crippen LogP contribution < -0.4 is 5.32 Å². The zero-order valence-corrected chi connectivity index (χ0v) is 19.1. The van der Waals surface area contributed by atoms with Gasteiger partial charge in [-0.3, -0.25) is 4.79 Å². The number of sulfonamides is 1. The number of amides is 1. The van der Waals surface area contributed by atoms with Gasteiger partial charge in [0.05, 0.1) is 4.90 Å². The number of aryl methyl sites for hydroxylation is 1. The minimum absolute atomic E-state index is 0.202. The Morgan fingerprint density at radius 1 is 1.07 bits per heavy atom. The molecule has 3 rings (SSSR count). The molecule has 6 nitrogen and oxygen atoms in total. The van der Waals surface area contributed by atoms with Crippen molar-refractivity contribution in [2.45, 2.75) is 30.6 Å². The molecular formula is C22H27N3O3S2. The van der Waals surface area contributed by atoms with E-state index in [2.05, 4.69) is 29.4 Å². The van der Waals surface area contributed by atoms with Crippen LogP contribution in [0.5, 0.6) is 0 Å². The van der Waals surface area contributed by atoms with Crippen LogP contribution in [0.2, 0.25) is 0 Å². The molecule has 30 heavy (non-hydrogen) atoms. The van der Waals surface area contributed by atoms with Crippen molar-refractivity contribution in [1.29, 1.82) is 0 Å². The molecule has 0 aliphatic heterocycles. The van der Waals surface area contributed by atoms with Crippen molar-refractivity contribution in [1.82, 2.24) is 14.6 Å². The fourth-order valence-electron chi connectivity index (χ4n) is 3.35. The van der Waals surface area contributed by atoms with Gasteiger partial charge >= 0.3 is 0 Å². The fourth-order valence-corrected chi connectivity index (χ4v) is 5.81. The summed E-state index contributed by atoms with van der Waals surface area (Å²) in [7, 11) is -3.52. The van der Waals surface area contributed by atoms with Crippen molar-refractivity contribution in [3.05, 3.63) is 59.8 Å². The number of H-pyrrole nitrogens is 1. The monoisotopic (exact) mass is 445 g/mol. The third-order valence-corrected chi connectivity index (χ3v) is 8.22. The van der Waals surface area contributed by atoms with Gasteiger partial charge in [-0.2, -0.15) is 4.31 Å². The molecule has 0 atom stereocenters. The van der Waals surface area contributed by atoms with Crippen LogP contribution in [0.4, 0.5) is 0 Å². The van der Waals surface area contributed by atoms with E-state index in [0.29, 0.717) is 25.2 Å². The van der Waals surface area contributed by atoms with Crippen LogP contribution in [0.3, 0.4) is 0 Å². The average Bonchev–Trinajstić information content (AvgIpc) is 3.07. The Hall–Kier alpha value is -2.29. The largest absolute Gasteiger partial charge is 0.358 e. The van der Waals surface area contributed by atoms with Gasteiger partial charge in [0.2, 0.25) is 10.0 Å². The van der Waals surface area contributed by atoms with Gasteiger partial charge in [-0.25, -0.2) is 8.42 Å². The molecule has 0 aliphatic carbocycles. The normalized spacial score (nSPS) is 11.9. The molecule has 160 valence electrons. The number of nitrogens with zero attached hydrogens (tertiary/aromatic N) is 1. The molecule has 2 N–H and O–H groups in total. The highest BCUT2D eigenvalue weighted by Crippen LogP contribution is 2.30. The first-order chi connectivity index (χ1) is 14.4. The predicted molar refractivity (Wildman–Crippen MR) is 123 cm³/mol. The minimum Gasteiger partial charge on any atom is -0.358 e. The number of hydrogen-bond acceptors (Lipinski definition) is 4. The van der Waals surface area contributed by atoms with E-state index in [9.17, 15) is 13.2 Å². The van der Waals surface area contributed by atoms with Crippen LogP contribution in [0.25, 0.3) is 10.9 Å². The van der Waals surface area contributed by atoms with E-state index in [0.717, 1.165) is 17.0 Å². The number of aromatic amines is 1. The molecule has 8 heteroatoms. The Morgan fingerprint density at radius 3 is 2.40 bits per heavy atom. The topological polar surface area (TPSA) is 82.3 Å². The smallest absolute Gasteiger partial charge is 0.251 e. The lowest BCUT2D eigenvalue weighted by Crippen LogP contribution is -2.30. The van der Waals surface area contributed by atoms with E-state index in [1.54, 1.807) is 37.7 Å². The highest BCUT2D eigenvalue weighted by molar-refractivity contribution is 7.99. The third-order valence-electron chi connectivity index (χ3n) is 4.93. The van der Waals surface area contributed by atoms with Crippen molar-refractivity contribution in [2.75, 3.05) is 25.4 Å². The highest BCUT2D eigenvalue weighted by atomic mass is 32.2. The van der Waals surface area contributed by atoms with Gasteiger partial charge in [0, 0.05) is 52.4 Å². The van der Waals surface area contributed by atoms with Crippen molar-refractivity contribution in [3.8, 4) is 0 Å². The number of benzene rings is 2. The number of nitrogens with one attached hydrogen (secondary N) is 2. The van der Waals surface area contributed by atoms with Gasteiger partial charge in [-0.15, -0.1) is 11.8 Å². The summed E-state index contributed by atoms with van der Waals surface area (Å²) < 4.78 is 26.5. The van der Waals surface area contributed by atoms with Crippen molar-refractivity contribution in [3.63, 3.8) is 0 Å². The molecule has 0 spiro atoms. The summed E-state index contributed by atoms with van der Waals surface area (Å²) in [4.78, 5) is 17.2. The molecule has 1 aromatic heterocycles. The third kappa shape index (κ3) is 4.71. The lowest BCUT2D eigenvalue weighted by molar-refractivity contribution is 0.0956. The van der Waals surface area contributed by atoms with Crippen molar-refractivity contribution < 1.29 is 13.2 Å². The summed E-state index contributed by atoms with van der Waals surface area (Å²) in [5, 5.41) is 4.09. The number of thioether (sulfide) groups is 1. The zero-order chi connectivity index (χ0) is 21.7. The molecular weight excluding hydrogens is 418 g/mol. The van der Waals surface area contributed by atoms with E-state index < -0.39 is 10.0 Å². The van der Waals surface area contributed by atoms with Crippen LogP contribution >= 0.6 is 11.8 Å². The van der Waals surface area contributed by atoms with Gasteiger partial charge < -0.3 is 10.3 Å². The van der Waals surface area contributed by atoms with Crippen molar-refractivity contribution in [2.24, 2.45) is 0 Å². The Bertz CT molecular complexity index is 1120. The summed E-state index contributed by atoms with van der Waals surface area (Å²) in [6.07, 6.45) is 0. The first-order valence-electron chi connectivity index (χ1n) is 9.97. The van der Waals surface area contributed by atoms with E-state index in [4.69, 9.17) is 0 Å². The number of rotatable bonds is 9. The summed E-state index contributed by atoms with van der Waals surface area (Å²) in [6.45, 7) is 7.00. The van der Waals surface area contributed by atoms with Crippen LogP contribution in [0.15, 0.2) is 58.3 Å². The van der Waals surface area contributed by atoms with Crippen LogP contribution in [0, 0.1) is 6.92 Å². The average molecular weight is 446 g/mol. The molecule has 0 radical (unpaired) electrons. The fraction of sp³-hybridized carbons (Fsp3) is 0.318. The summed E-state index contributed by atoms with van der Waals surface area (Å²) >= 11 is 1.70. The number of fused-ring (bicyclic) bond motifs is 1. The minimum atomic E-state index is -3.52. The quantitative estimate of drug-likeness (QED) is 0.385. The van der Waals surface area contributed by atoms with Crippen LogP contribution in [-0.2, 0) is 10.0 Å². The maximum Gasteiger partial charge on any atom is 0.251 e. The Kier molecular flexibility index (Phi) is 7.23. The molecule has 2 aromatic carbocycles. The molecule has 0 unspecified atom stereocenters. The van der Waals surface area contributed by atoms with Gasteiger partial charge in [0.15, 0.2) is 0 Å². The first kappa shape index (κ1) is 22.4.